The molecule has 2 aliphatic heterocycles. The molecule has 3 amide bonds. The molecule has 1 aromatic heterocycles. The maximum atomic E-state index is 14.4. The number of carbonyl (C=O) groups excluding carboxylic acids is 3. The van der Waals surface area contributed by atoms with E-state index in [1.165, 1.54) is 11.0 Å². The number of aliphatic carboxylic acids is 1. The van der Waals surface area contributed by atoms with Crippen molar-refractivity contribution >= 4 is 34.8 Å². The summed E-state index contributed by atoms with van der Waals surface area (Å²) in [6.45, 7) is 17.1. The fourth-order valence-electron chi connectivity index (χ4n) is 6.66. The van der Waals surface area contributed by atoms with Crippen molar-refractivity contribution in [3.05, 3.63) is 48.7 Å². The molecule has 1 unspecified atom stereocenters. The molecule has 0 bridgehead atoms. The number of nitrogens with one attached hydrogen (secondary N) is 2. The summed E-state index contributed by atoms with van der Waals surface area (Å²) in [5, 5.41) is 16.3. The van der Waals surface area contributed by atoms with Gasteiger partial charge in [0.1, 0.15) is 35.1 Å². The van der Waals surface area contributed by atoms with E-state index in [9.17, 15) is 24.3 Å². The number of alkyl carbamates (subject to hydrolysis) is 1. The van der Waals surface area contributed by atoms with Gasteiger partial charge in [-0.25, -0.2) is 9.59 Å². The van der Waals surface area contributed by atoms with Crippen molar-refractivity contribution < 1.29 is 33.8 Å². The Morgan fingerprint density at radius 3 is 2.42 bits per heavy atom. The fraction of sp³-hybridized carbons (Fsp3) is 0.583. The Balaban J connectivity index is 1.45. The summed E-state index contributed by atoms with van der Waals surface area (Å²) < 4.78 is 12.1. The van der Waals surface area contributed by atoms with Gasteiger partial charge in [0.2, 0.25) is 11.8 Å². The van der Waals surface area contributed by atoms with Crippen LogP contribution in [0.15, 0.2) is 43.0 Å². The third-order valence-electron chi connectivity index (χ3n) is 9.26. The topological polar surface area (TPSA) is 150 Å². The van der Waals surface area contributed by atoms with Crippen LogP contribution in [0.5, 0.6) is 5.75 Å². The van der Waals surface area contributed by atoms with Gasteiger partial charge in [-0.3, -0.25) is 19.5 Å². The Bertz CT molecular complexity index is 1570. The molecule has 2 saturated heterocycles. The van der Waals surface area contributed by atoms with E-state index < -0.39 is 64.5 Å². The molecular weight excluding hydrogens is 614 g/mol. The van der Waals surface area contributed by atoms with E-state index in [2.05, 4.69) is 22.1 Å². The van der Waals surface area contributed by atoms with Crippen molar-refractivity contribution in [2.45, 2.75) is 103 Å². The molecule has 3 fully saturated rings. The number of nitrogens with zero attached hydrogens (tertiary/aromatic N) is 3. The molecule has 48 heavy (non-hydrogen) atoms. The molecular formula is C36H49N5O7. The molecule has 0 spiro atoms. The largest absolute Gasteiger partial charge is 0.488 e. The predicted octanol–water partition coefficient (Wildman–Crippen LogP) is 4.26. The smallest absolute Gasteiger partial charge is 0.408 e. The van der Waals surface area contributed by atoms with E-state index in [4.69, 9.17) is 14.5 Å². The van der Waals surface area contributed by atoms with Gasteiger partial charge in [-0.15, -0.1) is 6.58 Å². The van der Waals surface area contributed by atoms with Crippen molar-refractivity contribution in [1.29, 1.82) is 0 Å². The van der Waals surface area contributed by atoms with Crippen LogP contribution in [-0.2, 0) is 25.7 Å². The lowest BCUT2D eigenvalue weighted by Crippen LogP contribution is -2.59. The average molecular weight is 664 g/mol. The first-order valence-corrected chi connectivity index (χ1v) is 16.8. The molecule has 12 nitrogen and oxygen atoms in total. The van der Waals surface area contributed by atoms with Gasteiger partial charge in [0, 0.05) is 30.3 Å². The number of hydrogen-bond acceptors (Lipinski definition) is 8. The quantitative estimate of drug-likeness (QED) is 0.317. The number of amides is 3. The molecule has 0 radical (unpaired) electrons. The monoisotopic (exact) mass is 663 g/mol. The highest BCUT2D eigenvalue weighted by molar-refractivity contribution is 5.96. The number of carboxylic acids is 1. The summed E-state index contributed by atoms with van der Waals surface area (Å²) in [7, 11) is 0. The molecule has 5 atom stereocenters. The second-order valence-electron chi connectivity index (χ2n) is 15.4. The predicted molar refractivity (Wildman–Crippen MR) is 180 cm³/mol. The third kappa shape index (κ3) is 7.75. The van der Waals surface area contributed by atoms with Crippen molar-refractivity contribution in [2.75, 3.05) is 19.6 Å². The normalized spacial score (nSPS) is 25.0. The Labute approximate surface area is 282 Å². The van der Waals surface area contributed by atoms with Crippen LogP contribution < -0.4 is 15.4 Å². The highest BCUT2D eigenvalue weighted by Gasteiger charge is 2.61. The van der Waals surface area contributed by atoms with E-state index in [0.717, 1.165) is 42.5 Å². The fourth-order valence-corrected chi connectivity index (χ4v) is 6.66. The first-order chi connectivity index (χ1) is 22.5. The molecule has 1 saturated carbocycles. The van der Waals surface area contributed by atoms with Gasteiger partial charge < -0.3 is 30.1 Å². The third-order valence-corrected chi connectivity index (χ3v) is 9.26. The van der Waals surface area contributed by atoms with Gasteiger partial charge in [0.05, 0.1) is 17.8 Å². The minimum atomic E-state index is -1.48. The number of hydrogen-bond donors (Lipinski definition) is 3. The van der Waals surface area contributed by atoms with Crippen molar-refractivity contribution in [2.24, 2.45) is 11.3 Å². The summed E-state index contributed by atoms with van der Waals surface area (Å²) in [6, 6.07) is 7.53. The highest BCUT2D eigenvalue weighted by atomic mass is 16.6. The molecule has 1 aliphatic carbocycles. The maximum absolute atomic E-state index is 14.4. The molecule has 2 aromatic rings. The second-order valence-corrected chi connectivity index (χ2v) is 15.4. The summed E-state index contributed by atoms with van der Waals surface area (Å²) in [5.41, 5.74) is -1.37. The molecule has 3 N–H and O–H groups in total. The van der Waals surface area contributed by atoms with Gasteiger partial charge in [0.15, 0.2) is 0 Å². The number of benzene rings is 1. The van der Waals surface area contributed by atoms with E-state index in [1.54, 1.807) is 20.8 Å². The zero-order valence-corrected chi connectivity index (χ0v) is 28.9. The van der Waals surface area contributed by atoms with Crippen LogP contribution in [-0.4, -0.2) is 92.7 Å². The molecule has 3 aliphatic rings. The Morgan fingerprint density at radius 1 is 1.12 bits per heavy atom. The standard InChI is InChI=1S/C36H49N5O7/c1-8-22-19-36(22,32(44)45)39-30(42)27-18-24(21-41(27)31(43)29(34(2,3)4)38-33(46)48-35(5,6)7)47-28-17-23(20-40-15-11-12-16-40)37-26-14-10-9-13-25(26)28/h8-10,13-14,17,22,24,27,29H,1,11-12,15-16,18-21H2,2-7H3,(H,38,46)(H,39,42)(H,44,45)/t22-,24+,27-,29+,36?/m0/s1. The number of para-hydroxylation sites is 1. The first kappa shape index (κ1) is 35.1. The second kappa shape index (κ2) is 13.4. The lowest BCUT2D eigenvalue weighted by molar-refractivity contribution is -0.146. The van der Waals surface area contributed by atoms with Gasteiger partial charge in [-0.05, 0) is 70.7 Å². The van der Waals surface area contributed by atoms with Crippen molar-refractivity contribution in [1.82, 2.24) is 25.4 Å². The maximum Gasteiger partial charge on any atom is 0.408 e. The lowest BCUT2D eigenvalue weighted by Gasteiger charge is -2.35. The average Bonchev–Trinajstić information content (AvgIpc) is 3.26. The summed E-state index contributed by atoms with van der Waals surface area (Å²) in [6.07, 6.45) is 2.80. The first-order valence-electron chi connectivity index (χ1n) is 16.8. The zero-order valence-electron chi connectivity index (χ0n) is 28.9. The number of carbonyl (C=O) groups is 4. The number of aromatic nitrogens is 1. The van der Waals surface area contributed by atoms with E-state index in [-0.39, 0.29) is 19.4 Å². The van der Waals surface area contributed by atoms with Crippen LogP contribution in [0.2, 0.25) is 0 Å². The molecule has 5 rings (SSSR count). The van der Waals surface area contributed by atoms with E-state index in [0.29, 0.717) is 12.3 Å². The van der Waals surface area contributed by atoms with E-state index >= 15 is 0 Å². The Morgan fingerprint density at radius 2 is 1.81 bits per heavy atom. The van der Waals surface area contributed by atoms with Crippen LogP contribution in [0.3, 0.4) is 0 Å². The zero-order chi connectivity index (χ0) is 35.0. The number of rotatable bonds is 10. The number of likely N-dealkylation sites (tertiary alicyclic amines) is 2. The Hall–Kier alpha value is -4.19. The number of pyridine rings is 1. The summed E-state index contributed by atoms with van der Waals surface area (Å²) in [4.78, 5) is 62.1. The number of fused-ring (bicyclic) bond motifs is 1. The number of carboxylic acid groups (broad SMARTS) is 1. The molecule has 1 aromatic carbocycles. The van der Waals surface area contributed by atoms with Crippen molar-refractivity contribution in [3.8, 4) is 5.75 Å². The molecule has 3 heterocycles. The summed E-state index contributed by atoms with van der Waals surface area (Å²) in [5.74, 6) is -2.07. The van der Waals surface area contributed by atoms with Crippen LogP contribution in [0.25, 0.3) is 10.9 Å². The highest BCUT2D eigenvalue weighted by Crippen LogP contribution is 2.45. The minimum absolute atomic E-state index is 0.0442. The van der Waals surface area contributed by atoms with Crippen LogP contribution >= 0.6 is 0 Å². The van der Waals surface area contributed by atoms with Crippen molar-refractivity contribution in [3.63, 3.8) is 0 Å². The van der Waals surface area contributed by atoms with Gasteiger partial charge >= 0.3 is 12.1 Å². The number of ether oxygens (including phenoxy) is 2. The van der Waals surface area contributed by atoms with Gasteiger partial charge in [-0.2, -0.15) is 0 Å². The lowest BCUT2D eigenvalue weighted by atomic mass is 9.85. The molecule has 260 valence electrons. The molecule has 12 heteroatoms. The van der Waals surface area contributed by atoms with Crippen LogP contribution in [0.4, 0.5) is 4.79 Å². The SMILES string of the molecule is C=C[C@H]1CC1(NC(=O)[C@@H]1C[C@@H](Oc2cc(CN3CCCC3)nc3ccccc23)CN1C(=O)[C@@H](NC(=O)OC(C)(C)C)C(C)(C)C)C(=O)O. The summed E-state index contributed by atoms with van der Waals surface area (Å²) >= 11 is 0. The Kier molecular flexibility index (Phi) is 9.79. The van der Waals surface area contributed by atoms with Crippen LogP contribution in [0.1, 0.15) is 72.9 Å². The van der Waals surface area contributed by atoms with Crippen LogP contribution in [0, 0.1) is 11.3 Å². The van der Waals surface area contributed by atoms with E-state index in [1.807, 2.05) is 51.1 Å². The minimum Gasteiger partial charge on any atom is -0.488 e. The van der Waals surface area contributed by atoms with Gasteiger partial charge in [0.25, 0.3) is 0 Å². The van der Waals surface area contributed by atoms with Gasteiger partial charge in [-0.1, -0.05) is 39.0 Å².